The second-order valence-electron chi connectivity index (χ2n) is 21.7. The van der Waals surface area contributed by atoms with Crippen molar-refractivity contribution in [3.8, 4) is 0 Å². The molecule has 0 fully saturated rings. The minimum absolute atomic E-state index is 0.0137. The standard InChI is InChI=1S/C63H123NO5/c1-3-5-7-9-11-13-15-17-18-28-32-35-39-43-47-51-55-61(66)60(59-65)64-62(67)56-52-48-44-40-36-33-29-26-24-22-20-19-21-23-25-27-30-34-38-42-46-50-54-58-69-63(68)57-53-49-45-41-37-31-16-14-12-10-8-6-4-2/h22,24,60-61,65-66H,3-21,23,25-59H2,1-2H3,(H,64,67)/b24-22-. The van der Waals surface area contributed by atoms with Crippen molar-refractivity contribution >= 4 is 11.9 Å². The highest BCUT2D eigenvalue weighted by atomic mass is 16.5. The molecule has 410 valence electrons. The van der Waals surface area contributed by atoms with Gasteiger partial charge in [0, 0.05) is 12.8 Å². The lowest BCUT2D eigenvalue weighted by Crippen LogP contribution is -2.45. The summed E-state index contributed by atoms with van der Waals surface area (Å²) in [5, 5.41) is 23.3. The molecule has 1 amide bonds. The minimum Gasteiger partial charge on any atom is -0.466 e. The Hall–Kier alpha value is -1.40. The first-order valence-electron chi connectivity index (χ1n) is 31.4. The first kappa shape index (κ1) is 67.6. The Balaban J connectivity index is 3.40. The van der Waals surface area contributed by atoms with Crippen LogP contribution in [0.5, 0.6) is 0 Å². The van der Waals surface area contributed by atoms with E-state index < -0.39 is 12.1 Å². The fourth-order valence-corrected chi connectivity index (χ4v) is 9.99. The summed E-state index contributed by atoms with van der Waals surface area (Å²) >= 11 is 0. The van der Waals surface area contributed by atoms with Crippen molar-refractivity contribution < 1.29 is 24.5 Å². The van der Waals surface area contributed by atoms with Crippen molar-refractivity contribution in [1.29, 1.82) is 0 Å². The SMILES string of the molecule is CCCCCCCCCCCCCCCCCCC(O)C(CO)NC(=O)CCCCCCCCC/C=C\CCCCCCCCCCCCCCOC(=O)CCCCCCCCCCCCCCC. The van der Waals surface area contributed by atoms with Gasteiger partial charge in [-0.15, -0.1) is 0 Å². The lowest BCUT2D eigenvalue weighted by molar-refractivity contribution is -0.143. The molecule has 0 aromatic heterocycles. The predicted molar refractivity (Wildman–Crippen MR) is 301 cm³/mol. The quantitative estimate of drug-likeness (QED) is 0.0321. The molecule has 0 rings (SSSR count). The van der Waals surface area contributed by atoms with Crippen molar-refractivity contribution in [2.75, 3.05) is 13.2 Å². The molecule has 0 aromatic carbocycles. The molecule has 0 bridgehead atoms. The van der Waals surface area contributed by atoms with Gasteiger partial charge in [-0.1, -0.05) is 302 Å². The van der Waals surface area contributed by atoms with Crippen LogP contribution in [0.15, 0.2) is 12.2 Å². The molecular formula is C63H123NO5. The van der Waals surface area contributed by atoms with Crippen LogP contribution in [-0.2, 0) is 14.3 Å². The van der Waals surface area contributed by atoms with Crippen LogP contribution < -0.4 is 5.32 Å². The molecule has 2 atom stereocenters. The van der Waals surface area contributed by atoms with Crippen LogP contribution in [0.3, 0.4) is 0 Å². The third kappa shape index (κ3) is 55.8. The molecule has 0 spiro atoms. The van der Waals surface area contributed by atoms with Gasteiger partial charge in [0.15, 0.2) is 0 Å². The second-order valence-corrected chi connectivity index (χ2v) is 21.7. The predicted octanol–water partition coefficient (Wildman–Crippen LogP) is 19.6. The second kappa shape index (κ2) is 59.2. The molecule has 0 aliphatic heterocycles. The van der Waals surface area contributed by atoms with Gasteiger partial charge in [0.1, 0.15) is 0 Å². The molecule has 69 heavy (non-hydrogen) atoms. The molecule has 0 aromatic rings. The Morgan fingerprint density at radius 1 is 0.391 bits per heavy atom. The van der Waals surface area contributed by atoms with Gasteiger partial charge < -0.3 is 20.3 Å². The number of nitrogens with one attached hydrogen (secondary N) is 1. The number of esters is 1. The highest BCUT2D eigenvalue weighted by Crippen LogP contribution is 2.18. The summed E-state index contributed by atoms with van der Waals surface area (Å²) in [6.07, 6.45) is 70.8. The summed E-state index contributed by atoms with van der Waals surface area (Å²) in [6.45, 7) is 4.98. The zero-order valence-electron chi connectivity index (χ0n) is 46.8. The van der Waals surface area contributed by atoms with Crippen LogP contribution in [0.4, 0.5) is 0 Å². The fourth-order valence-electron chi connectivity index (χ4n) is 9.99. The number of aliphatic hydroxyl groups excluding tert-OH is 2. The molecule has 3 N–H and O–H groups in total. The van der Waals surface area contributed by atoms with Crippen LogP contribution in [0.25, 0.3) is 0 Å². The van der Waals surface area contributed by atoms with Gasteiger partial charge >= 0.3 is 5.97 Å². The van der Waals surface area contributed by atoms with Crippen LogP contribution in [-0.4, -0.2) is 47.4 Å². The molecule has 0 aliphatic carbocycles. The molecule has 0 heterocycles. The Labute approximate surface area is 431 Å². The third-order valence-corrected chi connectivity index (χ3v) is 14.8. The van der Waals surface area contributed by atoms with E-state index in [4.69, 9.17) is 4.74 Å². The Morgan fingerprint density at radius 3 is 1.03 bits per heavy atom. The van der Waals surface area contributed by atoms with Crippen molar-refractivity contribution in [3.05, 3.63) is 12.2 Å². The molecule has 6 heteroatoms. The van der Waals surface area contributed by atoms with Crippen molar-refractivity contribution in [2.24, 2.45) is 0 Å². The van der Waals surface area contributed by atoms with Gasteiger partial charge in [0.05, 0.1) is 25.4 Å². The summed E-state index contributed by atoms with van der Waals surface area (Å²) in [6, 6.07) is -0.545. The monoisotopic (exact) mass is 974 g/mol. The van der Waals surface area contributed by atoms with Gasteiger partial charge in [0.25, 0.3) is 0 Å². The zero-order valence-corrected chi connectivity index (χ0v) is 46.8. The number of amides is 1. The van der Waals surface area contributed by atoms with Crippen molar-refractivity contribution in [2.45, 2.75) is 366 Å². The topological polar surface area (TPSA) is 95.9 Å². The minimum atomic E-state index is -0.667. The van der Waals surface area contributed by atoms with E-state index in [1.54, 1.807) is 0 Å². The molecule has 2 unspecified atom stereocenters. The molecule has 0 saturated heterocycles. The average molecular weight is 975 g/mol. The lowest BCUT2D eigenvalue weighted by Gasteiger charge is -2.22. The summed E-state index contributed by atoms with van der Waals surface area (Å²) < 4.78 is 5.48. The van der Waals surface area contributed by atoms with E-state index in [9.17, 15) is 19.8 Å². The van der Waals surface area contributed by atoms with Gasteiger partial charge in [-0.2, -0.15) is 0 Å². The first-order chi connectivity index (χ1) is 34.0. The Kier molecular flexibility index (Phi) is 58.0. The molecule has 6 nitrogen and oxygen atoms in total. The largest absolute Gasteiger partial charge is 0.466 e. The smallest absolute Gasteiger partial charge is 0.305 e. The number of unbranched alkanes of at least 4 members (excludes halogenated alkanes) is 46. The first-order valence-corrected chi connectivity index (χ1v) is 31.4. The normalized spacial score (nSPS) is 12.6. The maximum atomic E-state index is 12.5. The van der Waals surface area contributed by atoms with E-state index in [1.165, 1.54) is 283 Å². The highest BCUT2D eigenvalue weighted by molar-refractivity contribution is 5.76. The molecular weight excluding hydrogens is 851 g/mol. The van der Waals surface area contributed by atoms with E-state index in [0.29, 0.717) is 25.9 Å². The number of carbonyl (C=O) groups excluding carboxylic acids is 2. The summed E-state index contributed by atoms with van der Waals surface area (Å²) in [5.74, 6) is -0.0247. The van der Waals surface area contributed by atoms with Gasteiger partial charge in [-0.05, 0) is 51.4 Å². The summed E-state index contributed by atoms with van der Waals surface area (Å²) in [4.78, 5) is 24.5. The van der Waals surface area contributed by atoms with Crippen LogP contribution in [0.2, 0.25) is 0 Å². The van der Waals surface area contributed by atoms with Crippen LogP contribution in [0, 0.1) is 0 Å². The number of carbonyl (C=O) groups is 2. The van der Waals surface area contributed by atoms with E-state index in [1.807, 2.05) is 0 Å². The van der Waals surface area contributed by atoms with Crippen LogP contribution in [0.1, 0.15) is 354 Å². The maximum absolute atomic E-state index is 12.5. The number of hydrogen-bond acceptors (Lipinski definition) is 5. The van der Waals surface area contributed by atoms with Crippen molar-refractivity contribution in [3.63, 3.8) is 0 Å². The highest BCUT2D eigenvalue weighted by Gasteiger charge is 2.20. The lowest BCUT2D eigenvalue weighted by atomic mass is 10.0. The van der Waals surface area contributed by atoms with Crippen molar-refractivity contribution in [1.82, 2.24) is 5.32 Å². The number of aliphatic hydroxyl groups is 2. The summed E-state index contributed by atoms with van der Waals surface area (Å²) in [7, 11) is 0. The average Bonchev–Trinajstić information content (AvgIpc) is 3.35. The van der Waals surface area contributed by atoms with Gasteiger partial charge in [-0.3, -0.25) is 9.59 Å². The van der Waals surface area contributed by atoms with E-state index in [2.05, 4.69) is 31.3 Å². The summed E-state index contributed by atoms with van der Waals surface area (Å²) in [5.41, 5.74) is 0. The molecule has 0 saturated carbocycles. The zero-order chi connectivity index (χ0) is 50.0. The van der Waals surface area contributed by atoms with E-state index in [-0.39, 0.29) is 18.5 Å². The number of rotatable bonds is 59. The van der Waals surface area contributed by atoms with Gasteiger partial charge in [0.2, 0.25) is 5.91 Å². The van der Waals surface area contributed by atoms with Crippen LogP contribution >= 0.6 is 0 Å². The fraction of sp³-hybridized carbons (Fsp3) is 0.937. The number of allylic oxidation sites excluding steroid dienone is 2. The maximum Gasteiger partial charge on any atom is 0.305 e. The number of hydrogen-bond donors (Lipinski definition) is 3. The van der Waals surface area contributed by atoms with Gasteiger partial charge in [-0.25, -0.2) is 0 Å². The molecule has 0 radical (unpaired) electrons. The Morgan fingerprint density at radius 2 is 0.681 bits per heavy atom. The Bertz CT molecular complexity index is 1030. The third-order valence-electron chi connectivity index (χ3n) is 14.8. The molecule has 0 aliphatic rings. The number of ether oxygens (including phenoxy) is 1. The van der Waals surface area contributed by atoms with E-state index in [0.717, 1.165) is 38.5 Å². The van der Waals surface area contributed by atoms with E-state index >= 15 is 0 Å².